The molecule has 0 amide bonds. The Morgan fingerprint density at radius 2 is 1.96 bits per heavy atom. The standard InChI is InChI=1S/C20H22N4O/c1-20(2,3)18(25)15-10-21-19-17(15)23-16(11-22-19)24-9-8-13-6-4-5-7-14(13)12-24/h4-7,10-11H,8-9,12H2,1-3H3,(H,21,22). The highest BCUT2D eigenvalue weighted by Crippen LogP contribution is 2.28. The van der Waals surface area contributed by atoms with Gasteiger partial charge in [-0.25, -0.2) is 9.97 Å². The number of carbonyl (C=O) groups is 1. The number of aromatic amines is 1. The van der Waals surface area contributed by atoms with Crippen molar-refractivity contribution in [1.29, 1.82) is 0 Å². The van der Waals surface area contributed by atoms with Gasteiger partial charge in [-0.1, -0.05) is 45.0 Å². The Kier molecular flexibility index (Phi) is 3.60. The quantitative estimate of drug-likeness (QED) is 0.725. The Balaban J connectivity index is 1.71. The fraction of sp³-hybridized carbons (Fsp3) is 0.350. The Labute approximate surface area is 147 Å². The highest BCUT2D eigenvalue weighted by Gasteiger charge is 2.27. The zero-order valence-corrected chi connectivity index (χ0v) is 14.8. The Morgan fingerprint density at radius 1 is 1.20 bits per heavy atom. The predicted molar refractivity (Wildman–Crippen MR) is 98.9 cm³/mol. The van der Waals surface area contributed by atoms with Gasteiger partial charge in [0.1, 0.15) is 11.3 Å². The molecule has 5 heteroatoms. The fourth-order valence-corrected chi connectivity index (χ4v) is 3.30. The first kappa shape index (κ1) is 15.8. The lowest BCUT2D eigenvalue weighted by Crippen LogP contribution is -2.31. The minimum atomic E-state index is -0.448. The van der Waals surface area contributed by atoms with Crippen molar-refractivity contribution in [2.45, 2.75) is 33.7 Å². The monoisotopic (exact) mass is 334 g/mol. The van der Waals surface area contributed by atoms with Gasteiger partial charge in [-0.05, 0) is 17.5 Å². The molecule has 0 saturated heterocycles. The molecular formula is C20H22N4O. The maximum atomic E-state index is 12.7. The number of carbonyl (C=O) groups excluding carboxylic acids is 1. The normalized spacial score (nSPS) is 14.6. The van der Waals surface area contributed by atoms with Gasteiger partial charge in [-0.3, -0.25) is 4.79 Å². The van der Waals surface area contributed by atoms with Gasteiger partial charge in [0.25, 0.3) is 0 Å². The molecule has 0 spiro atoms. The summed E-state index contributed by atoms with van der Waals surface area (Å²) in [6.45, 7) is 7.50. The Morgan fingerprint density at radius 3 is 2.72 bits per heavy atom. The first-order valence-corrected chi connectivity index (χ1v) is 8.64. The Bertz CT molecular complexity index is 952. The first-order chi connectivity index (χ1) is 11.9. The molecule has 5 nitrogen and oxygen atoms in total. The highest BCUT2D eigenvalue weighted by atomic mass is 16.1. The summed E-state index contributed by atoms with van der Waals surface area (Å²) < 4.78 is 0. The zero-order chi connectivity index (χ0) is 17.6. The van der Waals surface area contributed by atoms with E-state index in [1.807, 2.05) is 20.8 Å². The summed E-state index contributed by atoms with van der Waals surface area (Å²) in [7, 11) is 0. The van der Waals surface area contributed by atoms with Gasteiger partial charge in [0.05, 0.1) is 11.8 Å². The molecule has 0 saturated carbocycles. The van der Waals surface area contributed by atoms with Crippen LogP contribution < -0.4 is 4.90 Å². The number of fused-ring (bicyclic) bond motifs is 2. The second kappa shape index (κ2) is 5.69. The zero-order valence-electron chi connectivity index (χ0n) is 14.8. The number of benzene rings is 1. The van der Waals surface area contributed by atoms with E-state index in [2.05, 4.69) is 39.1 Å². The van der Waals surface area contributed by atoms with Gasteiger partial charge in [0, 0.05) is 24.7 Å². The van der Waals surface area contributed by atoms with Crippen LogP contribution in [0.1, 0.15) is 42.3 Å². The lowest BCUT2D eigenvalue weighted by molar-refractivity contribution is 0.0860. The van der Waals surface area contributed by atoms with Gasteiger partial charge in [0.15, 0.2) is 11.4 Å². The summed E-state index contributed by atoms with van der Waals surface area (Å²) >= 11 is 0. The number of hydrogen-bond donors (Lipinski definition) is 1. The second-order valence-corrected chi connectivity index (χ2v) is 7.65. The van der Waals surface area contributed by atoms with Gasteiger partial charge >= 0.3 is 0 Å². The summed E-state index contributed by atoms with van der Waals surface area (Å²) in [6.07, 6.45) is 4.52. The largest absolute Gasteiger partial charge is 0.351 e. The molecule has 0 unspecified atom stereocenters. The average molecular weight is 334 g/mol. The summed E-state index contributed by atoms with van der Waals surface area (Å²) in [5.74, 6) is 0.902. The van der Waals surface area contributed by atoms with Crippen LogP contribution in [0.25, 0.3) is 11.2 Å². The smallest absolute Gasteiger partial charge is 0.171 e. The number of hydrogen-bond acceptors (Lipinski definition) is 4. The molecule has 128 valence electrons. The number of aromatic nitrogens is 3. The van der Waals surface area contributed by atoms with E-state index in [-0.39, 0.29) is 5.78 Å². The summed E-state index contributed by atoms with van der Waals surface area (Å²) in [5, 5.41) is 0. The molecule has 4 rings (SSSR count). The van der Waals surface area contributed by atoms with Crippen LogP contribution in [0.3, 0.4) is 0 Å². The van der Waals surface area contributed by atoms with Gasteiger partial charge in [0.2, 0.25) is 0 Å². The van der Waals surface area contributed by atoms with E-state index in [1.54, 1.807) is 12.4 Å². The van der Waals surface area contributed by atoms with E-state index in [0.29, 0.717) is 16.7 Å². The van der Waals surface area contributed by atoms with E-state index < -0.39 is 5.41 Å². The van der Waals surface area contributed by atoms with Crippen molar-refractivity contribution in [3.63, 3.8) is 0 Å². The topological polar surface area (TPSA) is 61.9 Å². The van der Waals surface area contributed by atoms with E-state index in [4.69, 9.17) is 4.98 Å². The number of anilines is 1. The van der Waals surface area contributed by atoms with E-state index in [0.717, 1.165) is 25.3 Å². The molecule has 3 aromatic rings. The van der Waals surface area contributed by atoms with Crippen molar-refractivity contribution < 1.29 is 4.79 Å². The highest BCUT2D eigenvalue weighted by molar-refractivity contribution is 6.08. The second-order valence-electron chi connectivity index (χ2n) is 7.65. The van der Waals surface area contributed by atoms with Crippen molar-refractivity contribution >= 4 is 22.8 Å². The van der Waals surface area contributed by atoms with Crippen molar-refractivity contribution in [2.24, 2.45) is 5.41 Å². The number of Topliss-reactive ketones (excluding diaryl/α,β-unsaturated/α-hetero) is 1. The van der Waals surface area contributed by atoms with Crippen LogP contribution in [-0.4, -0.2) is 27.3 Å². The SMILES string of the molecule is CC(C)(C)C(=O)c1c[nH]c2ncc(N3CCc4ccccc4C3)nc12. The maximum absolute atomic E-state index is 12.7. The van der Waals surface area contributed by atoms with Crippen molar-refractivity contribution in [3.8, 4) is 0 Å². The Hall–Kier alpha value is -2.69. The van der Waals surface area contributed by atoms with E-state index in [1.165, 1.54) is 11.1 Å². The molecule has 1 aromatic carbocycles. The lowest BCUT2D eigenvalue weighted by atomic mass is 9.87. The molecule has 1 N–H and O–H groups in total. The molecular weight excluding hydrogens is 312 g/mol. The number of ketones is 1. The maximum Gasteiger partial charge on any atom is 0.171 e. The van der Waals surface area contributed by atoms with E-state index >= 15 is 0 Å². The molecule has 0 radical (unpaired) electrons. The third kappa shape index (κ3) is 2.80. The fourth-order valence-electron chi connectivity index (χ4n) is 3.30. The number of nitrogens with one attached hydrogen (secondary N) is 1. The average Bonchev–Trinajstić information content (AvgIpc) is 3.02. The van der Waals surface area contributed by atoms with Crippen LogP contribution in [0.2, 0.25) is 0 Å². The van der Waals surface area contributed by atoms with Crippen LogP contribution in [0.5, 0.6) is 0 Å². The minimum Gasteiger partial charge on any atom is -0.351 e. The molecule has 0 atom stereocenters. The first-order valence-electron chi connectivity index (χ1n) is 8.64. The summed E-state index contributed by atoms with van der Waals surface area (Å²) in [4.78, 5) is 27.3. The van der Waals surface area contributed by atoms with Crippen LogP contribution in [0.4, 0.5) is 5.82 Å². The molecule has 3 heterocycles. The van der Waals surface area contributed by atoms with Crippen LogP contribution in [0, 0.1) is 5.41 Å². The van der Waals surface area contributed by atoms with E-state index in [9.17, 15) is 4.79 Å². The molecule has 1 aliphatic rings. The minimum absolute atomic E-state index is 0.0780. The van der Waals surface area contributed by atoms with Crippen LogP contribution in [-0.2, 0) is 13.0 Å². The third-order valence-electron chi connectivity index (χ3n) is 4.75. The van der Waals surface area contributed by atoms with Crippen LogP contribution in [0.15, 0.2) is 36.7 Å². The molecule has 0 fully saturated rings. The number of nitrogens with zero attached hydrogens (tertiary/aromatic N) is 3. The number of rotatable bonds is 2. The lowest BCUT2D eigenvalue weighted by Gasteiger charge is -2.29. The van der Waals surface area contributed by atoms with Gasteiger partial charge in [-0.2, -0.15) is 0 Å². The van der Waals surface area contributed by atoms with Crippen molar-refractivity contribution in [1.82, 2.24) is 15.0 Å². The summed E-state index contributed by atoms with van der Waals surface area (Å²) in [6, 6.07) is 8.51. The molecule has 25 heavy (non-hydrogen) atoms. The summed E-state index contributed by atoms with van der Waals surface area (Å²) in [5.41, 5.74) is 4.23. The molecule has 0 aliphatic carbocycles. The van der Waals surface area contributed by atoms with Crippen molar-refractivity contribution in [3.05, 3.63) is 53.3 Å². The molecule has 0 bridgehead atoms. The molecule has 1 aliphatic heterocycles. The van der Waals surface area contributed by atoms with Crippen molar-refractivity contribution in [2.75, 3.05) is 11.4 Å². The van der Waals surface area contributed by atoms with Gasteiger partial charge < -0.3 is 9.88 Å². The third-order valence-corrected chi connectivity index (χ3v) is 4.75. The van der Waals surface area contributed by atoms with Crippen LogP contribution >= 0.6 is 0 Å². The molecule has 2 aromatic heterocycles. The number of H-pyrrole nitrogens is 1. The van der Waals surface area contributed by atoms with Gasteiger partial charge in [-0.15, -0.1) is 0 Å². The predicted octanol–water partition coefficient (Wildman–Crippen LogP) is 3.75.